The van der Waals surface area contributed by atoms with Crippen molar-refractivity contribution in [2.75, 3.05) is 12.3 Å². The number of anilines is 1. The van der Waals surface area contributed by atoms with E-state index in [0.717, 1.165) is 0 Å². The summed E-state index contributed by atoms with van der Waals surface area (Å²) < 4.78 is 19.1. The molecule has 0 atom stereocenters. The van der Waals surface area contributed by atoms with Crippen LogP contribution in [0.5, 0.6) is 5.75 Å². The summed E-state index contributed by atoms with van der Waals surface area (Å²) in [6, 6.07) is 4.32. The Bertz CT molecular complexity index is 814. The SMILES string of the molecule is C=CCOc1cc(F)cc(-c2n[nH]c3ncnc(N)c23)c1. The zero-order chi connectivity index (χ0) is 14.8. The van der Waals surface area contributed by atoms with Gasteiger partial charge < -0.3 is 10.5 Å². The zero-order valence-corrected chi connectivity index (χ0v) is 11.0. The van der Waals surface area contributed by atoms with Crippen LogP contribution in [0.2, 0.25) is 0 Å². The standard InChI is InChI=1S/C14H12FN5O/c1-2-3-21-10-5-8(4-9(15)6-10)12-11-13(16)17-7-18-14(11)20-19-12/h2,4-7H,1,3H2,(H3,16,17,18,19,20). The number of fused-ring (bicyclic) bond motifs is 1. The summed E-state index contributed by atoms with van der Waals surface area (Å²) in [4.78, 5) is 7.96. The first kappa shape index (κ1) is 13.0. The van der Waals surface area contributed by atoms with Crippen molar-refractivity contribution in [3.63, 3.8) is 0 Å². The van der Waals surface area contributed by atoms with Gasteiger partial charge in [0, 0.05) is 11.6 Å². The van der Waals surface area contributed by atoms with Crippen LogP contribution in [0.3, 0.4) is 0 Å². The highest BCUT2D eigenvalue weighted by Gasteiger charge is 2.14. The van der Waals surface area contributed by atoms with E-state index in [-0.39, 0.29) is 12.4 Å². The van der Waals surface area contributed by atoms with E-state index in [0.29, 0.717) is 28.0 Å². The largest absolute Gasteiger partial charge is 0.489 e. The minimum atomic E-state index is -0.432. The minimum Gasteiger partial charge on any atom is -0.489 e. The van der Waals surface area contributed by atoms with E-state index >= 15 is 0 Å². The summed E-state index contributed by atoms with van der Waals surface area (Å²) >= 11 is 0. The molecule has 0 saturated heterocycles. The second-order valence-electron chi connectivity index (χ2n) is 4.33. The number of nitrogens with one attached hydrogen (secondary N) is 1. The van der Waals surface area contributed by atoms with E-state index < -0.39 is 5.82 Å². The number of nitrogen functional groups attached to an aromatic ring is 1. The Morgan fingerprint density at radius 1 is 1.33 bits per heavy atom. The number of halogens is 1. The normalized spacial score (nSPS) is 10.7. The lowest BCUT2D eigenvalue weighted by atomic mass is 10.1. The van der Waals surface area contributed by atoms with Gasteiger partial charge in [-0.25, -0.2) is 14.4 Å². The first-order chi connectivity index (χ1) is 10.2. The first-order valence-electron chi connectivity index (χ1n) is 6.18. The van der Waals surface area contributed by atoms with Gasteiger partial charge in [0.1, 0.15) is 36.0 Å². The lowest BCUT2D eigenvalue weighted by Crippen LogP contribution is -1.95. The van der Waals surface area contributed by atoms with Gasteiger partial charge >= 0.3 is 0 Å². The fourth-order valence-corrected chi connectivity index (χ4v) is 2.03. The fraction of sp³-hybridized carbons (Fsp3) is 0.0714. The first-order valence-corrected chi connectivity index (χ1v) is 6.18. The number of nitrogens with two attached hydrogens (primary N) is 1. The van der Waals surface area contributed by atoms with Crippen molar-refractivity contribution in [2.24, 2.45) is 0 Å². The molecule has 2 aromatic heterocycles. The Kier molecular flexibility index (Phi) is 3.23. The highest BCUT2D eigenvalue weighted by molar-refractivity contribution is 5.97. The molecule has 0 saturated carbocycles. The Labute approximate surface area is 119 Å². The number of aromatic nitrogens is 4. The number of H-pyrrole nitrogens is 1. The number of aromatic amines is 1. The third-order valence-corrected chi connectivity index (χ3v) is 2.90. The molecule has 0 aliphatic heterocycles. The van der Waals surface area contributed by atoms with Gasteiger partial charge in [0.2, 0.25) is 0 Å². The van der Waals surface area contributed by atoms with Crippen LogP contribution < -0.4 is 10.5 Å². The number of nitrogens with zero attached hydrogens (tertiary/aromatic N) is 3. The average molecular weight is 285 g/mol. The second-order valence-corrected chi connectivity index (χ2v) is 4.33. The van der Waals surface area contributed by atoms with Crippen LogP contribution in [0.4, 0.5) is 10.2 Å². The summed E-state index contributed by atoms with van der Waals surface area (Å²) in [5.74, 6) is 0.233. The predicted octanol–water partition coefficient (Wildman–Crippen LogP) is 2.31. The molecule has 0 bridgehead atoms. The molecular weight excluding hydrogens is 273 g/mol. The second kappa shape index (κ2) is 5.20. The van der Waals surface area contributed by atoms with E-state index in [1.54, 1.807) is 12.1 Å². The van der Waals surface area contributed by atoms with E-state index in [1.165, 1.54) is 18.5 Å². The lowest BCUT2D eigenvalue weighted by Gasteiger charge is -2.06. The quantitative estimate of drug-likeness (QED) is 0.718. The maximum absolute atomic E-state index is 13.7. The number of hydrogen-bond acceptors (Lipinski definition) is 5. The predicted molar refractivity (Wildman–Crippen MR) is 77.2 cm³/mol. The van der Waals surface area contributed by atoms with Gasteiger partial charge in [-0.1, -0.05) is 12.7 Å². The van der Waals surface area contributed by atoms with Crippen molar-refractivity contribution >= 4 is 16.9 Å². The monoisotopic (exact) mass is 285 g/mol. The van der Waals surface area contributed by atoms with E-state index in [9.17, 15) is 4.39 Å². The van der Waals surface area contributed by atoms with Crippen molar-refractivity contribution in [3.05, 3.63) is 43.0 Å². The van der Waals surface area contributed by atoms with Crippen LogP contribution in [-0.2, 0) is 0 Å². The Morgan fingerprint density at radius 3 is 3.00 bits per heavy atom. The van der Waals surface area contributed by atoms with Crippen LogP contribution >= 0.6 is 0 Å². The molecule has 3 rings (SSSR count). The molecule has 0 unspecified atom stereocenters. The van der Waals surface area contributed by atoms with E-state index in [1.807, 2.05) is 0 Å². The van der Waals surface area contributed by atoms with Gasteiger partial charge in [0.25, 0.3) is 0 Å². The molecule has 0 spiro atoms. The summed E-state index contributed by atoms with van der Waals surface area (Å²) in [5, 5.41) is 7.44. The number of benzene rings is 1. The summed E-state index contributed by atoms with van der Waals surface area (Å²) in [5.41, 5.74) is 7.35. The van der Waals surface area contributed by atoms with Crippen LogP contribution in [0.1, 0.15) is 0 Å². The molecule has 6 nitrogen and oxygen atoms in total. The molecule has 106 valence electrons. The maximum atomic E-state index is 13.7. The molecule has 2 heterocycles. The van der Waals surface area contributed by atoms with Gasteiger partial charge in [-0.05, 0) is 12.1 Å². The number of ether oxygens (including phenoxy) is 1. The van der Waals surface area contributed by atoms with Crippen LogP contribution in [-0.4, -0.2) is 26.8 Å². The number of rotatable bonds is 4. The third-order valence-electron chi connectivity index (χ3n) is 2.90. The van der Waals surface area contributed by atoms with Gasteiger partial charge in [0.15, 0.2) is 5.65 Å². The third kappa shape index (κ3) is 2.40. The van der Waals surface area contributed by atoms with Crippen molar-refractivity contribution < 1.29 is 9.13 Å². The van der Waals surface area contributed by atoms with Crippen LogP contribution in [0.15, 0.2) is 37.2 Å². The minimum absolute atomic E-state index is 0.279. The van der Waals surface area contributed by atoms with Crippen molar-refractivity contribution in [1.29, 1.82) is 0 Å². The van der Waals surface area contributed by atoms with Gasteiger partial charge in [0.05, 0.1) is 5.39 Å². The zero-order valence-electron chi connectivity index (χ0n) is 11.0. The lowest BCUT2D eigenvalue weighted by molar-refractivity contribution is 0.361. The molecule has 7 heteroatoms. The fourth-order valence-electron chi connectivity index (χ4n) is 2.03. The molecule has 3 N–H and O–H groups in total. The molecule has 0 aliphatic carbocycles. The van der Waals surface area contributed by atoms with Gasteiger partial charge in [-0.3, -0.25) is 5.10 Å². The summed E-state index contributed by atoms with van der Waals surface area (Å²) in [6.07, 6.45) is 2.92. The van der Waals surface area contributed by atoms with Crippen LogP contribution in [0.25, 0.3) is 22.3 Å². The maximum Gasteiger partial charge on any atom is 0.161 e. The van der Waals surface area contributed by atoms with Crippen molar-refractivity contribution in [3.8, 4) is 17.0 Å². The molecule has 0 fully saturated rings. The molecule has 1 aromatic carbocycles. The summed E-state index contributed by atoms with van der Waals surface area (Å²) in [7, 11) is 0. The van der Waals surface area contributed by atoms with Gasteiger partial charge in [-0.2, -0.15) is 5.10 Å². The molecule has 0 aliphatic rings. The molecule has 0 radical (unpaired) electrons. The van der Waals surface area contributed by atoms with Crippen LogP contribution in [0, 0.1) is 5.82 Å². The molecule has 0 amide bonds. The van der Waals surface area contributed by atoms with Crippen molar-refractivity contribution in [2.45, 2.75) is 0 Å². The Morgan fingerprint density at radius 2 is 2.19 bits per heavy atom. The highest BCUT2D eigenvalue weighted by Crippen LogP contribution is 2.31. The molecule has 3 aromatic rings. The Hall–Kier alpha value is -2.96. The topological polar surface area (TPSA) is 89.7 Å². The van der Waals surface area contributed by atoms with E-state index in [2.05, 4.69) is 26.7 Å². The highest BCUT2D eigenvalue weighted by atomic mass is 19.1. The molecular formula is C14H12FN5O. The summed E-state index contributed by atoms with van der Waals surface area (Å²) in [6.45, 7) is 3.84. The van der Waals surface area contributed by atoms with E-state index in [4.69, 9.17) is 10.5 Å². The average Bonchev–Trinajstić information content (AvgIpc) is 2.90. The smallest absolute Gasteiger partial charge is 0.161 e. The molecule has 21 heavy (non-hydrogen) atoms. The number of hydrogen-bond donors (Lipinski definition) is 2. The van der Waals surface area contributed by atoms with Gasteiger partial charge in [-0.15, -0.1) is 0 Å². The Balaban J connectivity index is 2.14. The van der Waals surface area contributed by atoms with Crippen molar-refractivity contribution in [1.82, 2.24) is 20.2 Å².